The van der Waals surface area contributed by atoms with Gasteiger partial charge >= 0.3 is 0 Å². The fraction of sp³-hybridized carbons (Fsp3) is 0.300. The van der Waals surface area contributed by atoms with Gasteiger partial charge in [0, 0.05) is 19.2 Å². The summed E-state index contributed by atoms with van der Waals surface area (Å²) in [7, 11) is 0. The lowest BCUT2D eigenvalue weighted by molar-refractivity contribution is -0.119. The van der Waals surface area contributed by atoms with Crippen LogP contribution in [-0.4, -0.2) is 23.5 Å². The van der Waals surface area contributed by atoms with Crippen LogP contribution >= 0.6 is 0 Å². The molecule has 1 saturated heterocycles. The van der Waals surface area contributed by atoms with E-state index in [1.54, 1.807) is 6.07 Å². The SMILES string of the molecule is N#Cc1ccnc(NC2CNC(=O)C2)c1N. The third-order valence-electron chi connectivity index (χ3n) is 2.43. The van der Waals surface area contributed by atoms with E-state index in [-0.39, 0.29) is 11.9 Å². The normalized spacial score (nSPS) is 18.9. The molecule has 6 nitrogen and oxygen atoms in total. The predicted molar refractivity (Wildman–Crippen MR) is 58.4 cm³/mol. The van der Waals surface area contributed by atoms with Gasteiger partial charge in [0.25, 0.3) is 0 Å². The molecule has 2 heterocycles. The van der Waals surface area contributed by atoms with Gasteiger partial charge in [-0.05, 0) is 6.07 Å². The van der Waals surface area contributed by atoms with Crippen molar-refractivity contribution in [2.24, 2.45) is 0 Å². The molecule has 4 N–H and O–H groups in total. The highest BCUT2D eigenvalue weighted by Gasteiger charge is 2.22. The molecular formula is C10H11N5O. The summed E-state index contributed by atoms with van der Waals surface area (Å²) in [5.74, 6) is 0.466. The number of nitriles is 1. The first-order valence-corrected chi connectivity index (χ1v) is 4.88. The number of pyridine rings is 1. The van der Waals surface area contributed by atoms with Crippen molar-refractivity contribution in [1.29, 1.82) is 5.26 Å². The Morgan fingerprint density at radius 3 is 3.12 bits per heavy atom. The van der Waals surface area contributed by atoms with Gasteiger partial charge in [0.2, 0.25) is 5.91 Å². The molecule has 1 aliphatic rings. The minimum Gasteiger partial charge on any atom is -0.395 e. The monoisotopic (exact) mass is 217 g/mol. The zero-order valence-electron chi connectivity index (χ0n) is 8.53. The van der Waals surface area contributed by atoms with Crippen molar-refractivity contribution in [2.75, 3.05) is 17.6 Å². The molecule has 0 radical (unpaired) electrons. The van der Waals surface area contributed by atoms with Gasteiger partial charge < -0.3 is 16.4 Å². The third kappa shape index (κ3) is 1.88. The number of amides is 1. The van der Waals surface area contributed by atoms with Crippen molar-refractivity contribution in [3.05, 3.63) is 17.8 Å². The number of rotatable bonds is 2. The standard InChI is InChI=1S/C10H11N5O/c11-4-6-1-2-13-10(9(6)12)15-7-3-8(16)14-5-7/h1-2,7H,3,5,12H2,(H,13,15)(H,14,16). The highest BCUT2D eigenvalue weighted by Crippen LogP contribution is 2.20. The number of nitrogens with two attached hydrogens (primary N) is 1. The van der Waals surface area contributed by atoms with Crippen LogP contribution in [0.4, 0.5) is 11.5 Å². The summed E-state index contributed by atoms with van der Waals surface area (Å²) < 4.78 is 0. The van der Waals surface area contributed by atoms with Crippen molar-refractivity contribution in [1.82, 2.24) is 10.3 Å². The molecule has 1 aromatic heterocycles. The van der Waals surface area contributed by atoms with Gasteiger partial charge in [0.1, 0.15) is 6.07 Å². The van der Waals surface area contributed by atoms with Gasteiger partial charge in [-0.15, -0.1) is 0 Å². The van der Waals surface area contributed by atoms with Crippen LogP contribution in [0.15, 0.2) is 12.3 Å². The summed E-state index contributed by atoms with van der Waals surface area (Å²) in [5, 5.41) is 14.5. The molecule has 2 rings (SSSR count). The predicted octanol–water partition coefficient (Wildman–Crippen LogP) is -0.164. The minimum atomic E-state index is -0.0174. The Morgan fingerprint density at radius 1 is 1.69 bits per heavy atom. The average molecular weight is 217 g/mol. The summed E-state index contributed by atoms with van der Waals surface area (Å²) in [6, 6.07) is 3.52. The van der Waals surface area contributed by atoms with E-state index in [1.807, 2.05) is 6.07 Å². The second kappa shape index (κ2) is 4.06. The fourth-order valence-corrected chi connectivity index (χ4v) is 1.59. The molecule has 1 amide bonds. The molecule has 6 heteroatoms. The average Bonchev–Trinajstić information content (AvgIpc) is 2.67. The van der Waals surface area contributed by atoms with Crippen LogP contribution in [0.3, 0.4) is 0 Å². The number of hydrogen-bond acceptors (Lipinski definition) is 5. The van der Waals surface area contributed by atoms with Crippen molar-refractivity contribution in [3.8, 4) is 6.07 Å². The minimum absolute atomic E-state index is 0.00695. The first-order chi connectivity index (χ1) is 7.70. The number of nitrogens with zero attached hydrogens (tertiary/aromatic N) is 2. The van der Waals surface area contributed by atoms with Crippen LogP contribution in [-0.2, 0) is 4.79 Å². The Bertz CT molecular complexity index is 465. The Hall–Kier alpha value is -2.29. The highest BCUT2D eigenvalue weighted by molar-refractivity contribution is 5.80. The Kier molecular flexibility index (Phi) is 2.60. The number of nitrogen functional groups attached to an aromatic ring is 1. The van der Waals surface area contributed by atoms with Gasteiger partial charge in [0.05, 0.1) is 17.3 Å². The Labute approximate surface area is 92.5 Å². The van der Waals surface area contributed by atoms with E-state index in [0.29, 0.717) is 30.0 Å². The maximum atomic E-state index is 11.0. The van der Waals surface area contributed by atoms with E-state index in [4.69, 9.17) is 11.0 Å². The summed E-state index contributed by atoms with van der Waals surface area (Å²) in [6.07, 6.45) is 1.92. The van der Waals surface area contributed by atoms with E-state index in [9.17, 15) is 4.79 Å². The Balaban J connectivity index is 2.16. The molecule has 1 unspecified atom stereocenters. The third-order valence-corrected chi connectivity index (χ3v) is 2.43. The molecule has 1 aromatic rings. The van der Waals surface area contributed by atoms with Gasteiger partial charge in [-0.1, -0.05) is 0 Å². The molecule has 1 fully saturated rings. The maximum Gasteiger partial charge on any atom is 0.222 e. The fourth-order valence-electron chi connectivity index (χ4n) is 1.59. The number of aromatic nitrogens is 1. The van der Waals surface area contributed by atoms with Crippen molar-refractivity contribution < 1.29 is 4.79 Å². The number of carbonyl (C=O) groups is 1. The number of anilines is 2. The summed E-state index contributed by atoms with van der Waals surface area (Å²) >= 11 is 0. The lowest BCUT2D eigenvalue weighted by atomic mass is 10.2. The molecule has 1 atom stereocenters. The molecule has 1 aliphatic heterocycles. The molecule has 0 bridgehead atoms. The largest absolute Gasteiger partial charge is 0.395 e. The number of carbonyl (C=O) groups excluding carboxylic acids is 1. The molecule has 0 spiro atoms. The molecule has 0 saturated carbocycles. The van der Waals surface area contributed by atoms with Crippen LogP contribution < -0.4 is 16.4 Å². The number of nitrogens with one attached hydrogen (secondary N) is 2. The summed E-state index contributed by atoms with van der Waals surface area (Å²) in [5.41, 5.74) is 6.46. The molecule has 16 heavy (non-hydrogen) atoms. The zero-order chi connectivity index (χ0) is 11.5. The van der Waals surface area contributed by atoms with Gasteiger partial charge in [0.15, 0.2) is 5.82 Å². The topological polar surface area (TPSA) is 104 Å². The van der Waals surface area contributed by atoms with E-state index >= 15 is 0 Å². The van der Waals surface area contributed by atoms with Crippen LogP contribution in [0.5, 0.6) is 0 Å². The quantitative estimate of drug-likeness (QED) is 0.638. The summed E-state index contributed by atoms with van der Waals surface area (Å²) in [6.45, 7) is 0.552. The van der Waals surface area contributed by atoms with Crippen molar-refractivity contribution in [2.45, 2.75) is 12.5 Å². The maximum absolute atomic E-state index is 11.0. The van der Waals surface area contributed by atoms with E-state index < -0.39 is 0 Å². The van der Waals surface area contributed by atoms with Crippen molar-refractivity contribution >= 4 is 17.4 Å². The van der Waals surface area contributed by atoms with Gasteiger partial charge in [-0.3, -0.25) is 4.79 Å². The Morgan fingerprint density at radius 2 is 2.50 bits per heavy atom. The van der Waals surface area contributed by atoms with E-state index in [0.717, 1.165) is 0 Å². The smallest absolute Gasteiger partial charge is 0.222 e. The molecule has 0 aromatic carbocycles. The van der Waals surface area contributed by atoms with Crippen molar-refractivity contribution in [3.63, 3.8) is 0 Å². The second-order valence-corrected chi connectivity index (χ2v) is 3.58. The lowest BCUT2D eigenvalue weighted by Crippen LogP contribution is -2.23. The molecule has 82 valence electrons. The zero-order valence-corrected chi connectivity index (χ0v) is 8.53. The van der Waals surface area contributed by atoms with Crippen LogP contribution in [0.25, 0.3) is 0 Å². The first kappa shape index (κ1) is 10.2. The summed E-state index contributed by atoms with van der Waals surface area (Å²) in [4.78, 5) is 15.0. The van der Waals surface area contributed by atoms with Crippen LogP contribution in [0.2, 0.25) is 0 Å². The van der Waals surface area contributed by atoms with E-state index in [2.05, 4.69) is 15.6 Å². The van der Waals surface area contributed by atoms with Gasteiger partial charge in [-0.25, -0.2) is 4.98 Å². The highest BCUT2D eigenvalue weighted by atomic mass is 16.1. The van der Waals surface area contributed by atoms with E-state index in [1.165, 1.54) is 6.20 Å². The molecular weight excluding hydrogens is 206 g/mol. The van der Waals surface area contributed by atoms with Gasteiger partial charge in [-0.2, -0.15) is 5.26 Å². The first-order valence-electron chi connectivity index (χ1n) is 4.88. The molecule has 0 aliphatic carbocycles. The number of hydrogen-bond donors (Lipinski definition) is 3. The van der Waals surface area contributed by atoms with Crippen LogP contribution in [0, 0.1) is 11.3 Å². The second-order valence-electron chi connectivity index (χ2n) is 3.58. The lowest BCUT2D eigenvalue weighted by Gasteiger charge is -2.13. The van der Waals surface area contributed by atoms with Crippen LogP contribution in [0.1, 0.15) is 12.0 Å².